The van der Waals surface area contributed by atoms with Crippen LogP contribution in [0.25, 0.3) is 0 Å². The van der Waals surface area contributed by atoms with E-state index >= 15 is 0 Å². The fraction of sp³-hybridized carbons (Fsp3) is 0.300. The highest BCUT2D eigenvalue weighted by atomic mass is 32.2. The Balaban J connectivity index is 1.98. The number of nitrogens with zero attached hydrogens (tertiary/aromatic N) is 1. The Hall–Kier alpha value is -2.63. The number of thiophene rings is 1. The number of carbonyl (C=O) groups is 3. The minimum absolute atomic E-state index is 0.0635. The van der Waals surface area contributed by atoms with Gasteiger partial charge >= 0.3 is 5.97 Å². The minimum atomic E-state index is -0.605. The van der Waals surface area contributed by atoms with Crippen LogP contribution in [0, 0.1) is 16.7 Å². The van der Waals surface area contributed by atoms with E-state index < -0.39 is 11.4 Å². The maximum atomic E-state index is 12.4. The van der Waals surface area contributed by atoms with E-state index in [9.17, 15) is 14.4 Å². The highest BCUT2D eigenvalue weighted by Gasteiger charge is 2.23. The number of ketones is 1. The van der Waals surface area contributed by atoms with Gasteiger partial charge in [-0.05, 0) is 23.6 Å². The molecule has 0 aliphatic heterocycles. The molecule has 1 heterocycles. The number of hydrogen-bond acceptors (Lipinski definition) is 7. The van der Waals surface area contributed by atoms with Crippen molar-refractivity contribution in [3.05, 3.63) is 46.8 Å². The van der Waals surface area contributed by atoms with Gasteiger partial charge in [-0.15, -0.1) is 23.1 Å². The number of nitriles is 1. The number of thioether (sulfide) groups is 1. The van der Waals surface area contributed by atoms with Crippen LogP contribution in [-0.4, -0.2) is 30.0 Å². The molecule has 146 valence electrons. The minimum Gasteiger partial charge on any atom is -0.454 e. The van der Waals surface area contributed by atoms with Gasteiger partial charge in [-0.2, -0.15) is 5.26 Å². The lowest BCUT2D eigenvalue weighted by atomic mass is 9.91. The van der Waals surface area contributed by atoms with E-state index in [0.717, 1.165) is 0 Å². The van der Waals surface area contributed by atoms with Gasteiger partial charge in [0.2, 0.25) is 5.91 Å². The molecule has 1 aromatic heterocycles. The molecule has 0 unspecified atom stereocenters. The zero-order valence-electron chi connectivity index (χ0n) is 15.8. The lowest BCUT2D eigenvalue weighted by Gasteiger charge is -2.16. The van der Waals surface area contributed by atoms with Gasteiger partial charge in [0.15, 0.2) is 12.4 Å². The number of Topliss-reactive ketones (excluding diaryl/α,β-unsaturated/α-hetero) is 1. The topological polar surface area (TPSA) is 96.3 Å². The highest BCUT2D eigenvalue weighted by molar-refractivity contribution is 8.00. The van der Waals surface area contributed by atoms with Gasteiger partial charge in [-0.1, -0.05) is 32.9 Å². The van der Waals surface area contributed by atoms with Crippen molar-refractivity contribution < 1.29 is 19.1 Å². The second-order valence-electron chi connectivity index (χ2n) is 6.86. The van der Waals surface area contributed by atoms with E-state index in [-0.39, 0.29) is 24.1 Å². The summed E-state index contributed by atoms with van der Waals surface area (Å²) in [5, 5.41) is 13.9. The molecule has 0 saturated carbocycles. The molecular formula is C20H20N2O4S2. The van der Waals surface area contributed by atoms with Crippen LogP contribution in [-0.2, 0) is 14.3 Å². The smallest absolute Gasteiger partial charge is 0.339 e. The van der Waals surface area contributed by atoms with Crippen molar-refractivity contribution in [2.45, 2.75) is 25.7 Å². The van der Waals surface area contributed by atoms with Crippen LogP contribution in [0.1, 0.15) is 36.7 Å². The number of benzene rings is 1. The first-order chi connectivity index (χ1) is 13.2. The van der Waals surface area contributed by atoms with Crippen molar-refractivity contribution in [2.24, 2.45) is 5.41 Å². The van der Waals surface area contributed by atoms with Crippen molar-refractivity contribution in [1.82, 2.24) is 0 Å². The molecule has 28 heavy (non-hydrogen) atoms. The Morgan fingerprint density at radius 3 is 2.61 bits per heavy atom. The molecule has 1 aromatic carbocycles. The van der Waals surface area contributed by atoms with Crippen LogP contribution in [0.4, 0.5) is 5.00 Å². The number of rotatable bonds is 7. The lowest BCUT2D eigenvalue weighted by molar-refractivity contribution is -0.129. The van der Waals surface area contributed by atoms with E-state index in [1.54, 1.807) is 56.5 Å². The van der Waals surface area contributed by atoms with Gasteiger partial charge in [0.25, 0.3) is 0 Å². The third-order valence-electron chi connectivity index (χ3n) is 3.68. The van der Waals surface area contributed by atoms with Crippen molar-refractivity contribution in [1.29, 1.82) is 5.26 Å². The van der Waals surface area contributed by atoms with Crippen LogP contribution in [0.3, 0.4) is 0 Å². The first kappa shape index (κ1) is 21.7. The Labute approximate surface area is 171 Å². The van der Waals surface area contributed by atoms with Crippen LogP contribution in [0.2, 0.25) is 0 Å². The summed E-state index contributed by atoms with van der Waals surface area (Å²) in [5.74, 6) is -0.996. The maximum Gasteiger partial charge on any atom is 0.339 e. The van der Waals surface area contributed by atoms with E-state index in [4.69, 9.17) is 10.00 Å². The molecule has 6 nitrogen and oxygen atoms in total. The number of carbonyl (C=O) groups excluding carboxylic acids is 3. The molecule has 0 spiro atoms. The molecule has 0 bridgehead atoms. The summed E-state index contributed by atoms with van der Waals surface area (Å²) in [6.45, 7) is 4.99. The molecule has 2 rings (SSSR count). The molecule has 0 aliphatic rings. The molecule has 0 atom stereocenters. The first-order valence-corrected chi connectivity index (χ1v) is 10.3. The number of nitrogens with one attached hydrogen (secondary N) is 1. The van der Waals surface area contributed by atoms with Crippen LogP contribution in [0.15, 0.2) is 40.6 Å². The predicted molar refractivity (Wildman–Crippen MR) is 110 cm³/mol. The van der Waals surface area contributed by atoms with Gasteiger partial charge < -0.3 is 10.1 Å². The van der Waals surface area contributed by atoms with E-state index in [0.29, 0.717) is 21.0 Å². The SMILES string of the molecule is CC(C)(C)C(=O)COC(=O)c1ccccc1SCC(=O)Nc1sccc1C#N. The van der Waals surface area contributed by atoms with Crippen molar-refractivity contribution in [2.75, 3.05) is 17.7 Å². The normalized spacial score (nSPS) is 10.8. The molecule has 0 aliphatic carbocycles. The van der Waals surface area contributed by atoms with Crippen LogP contribution >= 0.6 is 23.1 Å². The third kappa shape index (κ3) is 5.94. The molecule has 1 amide bonds. The number of amides is 1. The summed E-state index contributed by atoms with van der Waals surface area (Å²) in [6, 6.07) is 10.4. The van der Waals surface area contributed by atoms with Gasteiger partial charge in [0.05, 0.1) is 16.9 Å². The summed E-state index contributed by atoms with van der Waals surface area (Å²) in [6.07, 6.45) is 0. The number of hydrogen-bond donors (Lipinski definition) is 1. The Morgan fingerprint density at radius 1 is 1.21 bits per heavy atom. The molecule has 8 heteroatoms. The molecule has 0 saturated heterocycles. The summed E-state index contributed by atoms with van der Waals surface area (Å²) in [7, 11) is 0. The second kappa shape index (κ2) is 9.53. The van der Waals surface area contributed by atoms with E-state index in [1.807, 2.05) is 6.07 Å². The average molecular weight is 417 g/mol. The average Bonchev–Trinajstić information content (AvgIpc) is 3.10. The fourth-order valence-electron chi connectivity index (χ4n) is 1.99. The van der Waals surface area contributed by atoms with Crippen molar-refractivity contribution >= 4 is 45.8 Å². The summed E-state index contributed by atoms with van der Waals surface area (Å²) in [4.78, 5) is 37.0. The summed E-state index contributed by atoms with van der Waals surface area (Å²) in [5.41, 5.74) is 0.128. The summed E-state index contributed by atoms with van der Waals surface area (Å²) < 4.78 is 5.14. The number of esters is 1. The first-order valence-electron chi connectivity index (χ1n) is 8.42. The molecule has 0 fully saturated rings. The Kier molecular flexibility index (Phi) is 7.38. The molecular weight excluding hydrogens is 396 g/mol. The standard InChI is InChI=1S/C20H20N2O4S2/c1-20(2,3)16(23)11-26-19(25)14-6-4-5-7-15(14)28-12-17(24)22-18-13(10-21)8-9-27-18/h4-9H,11-12H2,1-3H3,(H,22,24). The van der Waals surface area contributed by atoms with Crippen LogP contribution in [0.5, 0.6) is 0 Å². The van der Waals surface area contributed by atoms with Gasteiger partial charge in [-0.25, -0.2) is 4.79 Å². The zero-order valence-corrected chi connectivity index (χ0v) is 17.4. The van der Waals surface area contributed by atoms with Crippen molar-refractivity contribution in [3.63, 3.8) is 0 Å². The van der Waals surface area contributed by atoms with E-state index in [2.05, 4.69) is 5.32 Å². The Morgan fingerprint density at radius 2 is 1.93 bits per heavy atom. The van der Waals surface area contributed by atoms with Gasteiger partial charge in [0.1, 0.15) is 11.1 Å². The maximum absolute atomic E-state index is 12.4. The zero-order chi connectivity index (χ0) is 20.7. The highest BCUT2D eigenvalue weighted by Crippen LogP contribution is 2.26. The lowest BCUT2D eigenvalue weighted by Crippen LogP contribution is -2.26. The Bertz CT molecular complexity index is 923. The molecule has 2 aromatic rings. The van der Waals surface area contributed by atoms with Crippen molar-refractivity contribution in [3.8, 4) is 6.07 Å². The van der Waals surface area contributed by atoms with Crippen LogP contribution < -0.4 is 5.32 Å². The largest absolute Gasteiger partial charge is 0.454 e. The predicted octanol–water partition coefficient (Wildman–Crippen LogP) is 4.12. The number of ether oxygens (including phenoxy) is 1. The fourth-order valence-corrected chi connectivity index (χ4v) is 3.58. The molecule has 0 radical (unpaired) electrons. The number of anilines is 1. The molecule has 1 N–H and O–H groups in total. The van der Waals surface area contributed by atoms with Gasteiger partial charge in [0, 0.05) is 10.3 Å². The monoisotopic (exact) mass is 416 g/mol. The third-order valence-corrected chi connectivity index (χ3v) is 5.58. The van der Waals surface area contributed by atoms with Gasteiger partial charge in [-0.3, -0.25) is 9.59 Å². The van der Waals surface area contributed by atoms with E-state index in [1.165, 1.54) is 23.1 Å². The second-order valence-corrected chi connectivity index (χ2v) is 8.79. The summed E-state index contributed by atoms with van der Waals surface area (Å²) >= 11 is 2.46. The quantitative estimate of drug-likeness (QED) is 0.539.